The molecule has 0 bridgehead atoms. The predicted molar refractivity (Wildman–Crippen MR) is 126 cm³/mol. The van der Waals surface area contributed by atoms with Crippen molar-refractivity contribution < 1.29 is 9.23 Å². The van der Waals surface area contributed by atoms with Crippen LogP contribution in [-0.4, -0.2) is 16.0 Å². The highest BCUT2D eigenvalue weighted by atomic mass is 79.9. The van der Waals surface area contributed by atoms with Gasteiger partial charge in [0.1, 0.15) is 23.1 Å². The van der Waals surface area contributed by atoms with Gasteiger partial charge in [-0.15, -0.1) is 0 Å². The number of rotatable bonds is 7. The first-order valence-corrected chi connectivity index (χ1v) is 11.2. The molecule has 0 atom stereocenters. The Bertz CT molecular complexity index is 1180. The number of oxime groups is 1. The van der Waals surface area contributed by atoms with Gasteiger partial charge in [0, 0.05) is 22.0 Å². The zero-order chi connectivity index (χ0) is 21.6. The largest absolute Gasteiger partial charge is 0.391 e. The Hall–Kier alpha value is -2.90. The predicted octanol–water partition coefficient (Wildman–Crippen LogP) is 6.69. The molecule has 0 aliphatic rings. The molecule has 0 saturated heterocycles. The summed E-state index contributed by atoms with van der Waals surface area (Å²) in [4.78, 5) is 6.57. The number of aromatic nitrogens is 2. The van der Waals surface area contributed by atoms with E-state index in [-0.39, 0.29) is 12.4 Å². The highest BCUT2D eigenvalue weighted by Gasteiger charge is 2.17. The summed E-state index contributed by atoms with van der Waals surface area (Å²) in [6.45, 7) is 0.257. The average Bonchev–Trinajstić information content (AvgIpc) is 3.10. The van der Waals surface area contributed by atoms with E-state index in [1.54, 1.807) is 30.1 Å². The summed E-state index contributed by atoms with van der Waals surface area (Å²) >= 11 is 5.09. The Morgan fingerprint density at radius 2 is 1.74 bits per heavy atom. The van der Waals surface area contributed by atoms with Crippen LogP contribution in [0.5, 0.6) is 0 Å². The molecule has 0 saturated carbocycles. The first-order valence-electron chi connectivity index (χ1n) is 9.56. The van der Waals surface area contributed by atoms with Gasteiger partial charge in [0.15, 0.2) is 0 Å². The average molecular weight is 496 g/mol. The van der Waals surface area contributed by atoms with E-state index in [9.17, 15) is 4.39 Å². The summed E-state index contributed by atoms with van der Waals surface area (Å²) < 4.78 is 16.0. The maximum atomic E-state index is 13.1. The summed E-state index contributed by atoms with van der Waals surface area (Å²) in [6.07, 6.45) is 1.69. The molecule has 0 N–H and O–H groups in total. The van der Waals surface area contributed by atoms with Crippen LogP contribution < -0.4 is 0 Å². The van der Waals surface area contributed by atoms with E-state index >= 15 is 0 Å². The van der Waals surface area contributed by atoms with E-state index in [1.165, 1.54) is 12.1 Å². The maximum Gasteiger partial charge on any atom is 0.142 e. The van der Waals surface area contributed by atoms with Gasteiger partial charge in [-0.25, -0.2) is 4.39 Å². The fourth-order valence-electron chi connectivity index (χ4n) is 2.97. The monoisotopic (exact) mass is 495 g/mol. The summed E-state index contributed by atoms with van der Waals surface area (Å²) in [5.41, 5.74) is 3.55. The van der Waals surface area contributed by atoms with Gasteiger partial charge in [-0.05, 0) is 42.0 Å². The second-order valence-electron chi connectivity index (χ2n) is 6.75. The van der Waals surface area contributed by atoms with Crippen molar-refractivity contribution in [3.8, 4) is 11.3 Å². The van der Waals surface area contributed by atoms with Gasteiger partial charge < -0.3 is 4.84 Å². The zero-order valence-electron chi connectivity index (χ0n) is 16.7. The zero-order valence-corrected chi connectivity index (χ0v) is 19.1. The molecule has 156 valence electrons. The molecule has 4 aromatic rings. The van der Waals surface area contributed by atoms with Crippen LogP contribution in [0.15, 0.2) is 98.4 Å². The molecular weight excluding hydrogens is 477 g/mol. The number of benzene rings is 3. The highest BCUT2D eigenvalue weighted by Crippen LogP contribution is 2.35. The Balaban J connectivity index is 1.62. The first-order chi connectivity index (χ1) is 15.1. The minimum absolute atomic E-state index is 0.257. The van der Waals surface area contributed by atoms with Gasteiger partial charge in [-0.2, -0.15) is 5.10 Å². The van der Waals surface area contributed by atoms with Gasteiger partial charge in [0.25, 0.3) is 0 Å². The molecule has 0 aliphatic carbocycles. The highest BCUT2D eigenvalue weighted by molar-refractivity contribution is 9.10. The fraction of sp³-hybridized carbons (Fsp3) is 0.0833. The van der Waals surface area contributed by atoms with E-state index in [2.05, 4.69) is 33.2 Å². The summed E-state index contributed by atoms with van der Waals surface area (Å²) in [5, 5.41) is 9.88. The molecule has 0 radical (unpaired) electrons. The SMILES string of the molecule is Cn1nc(-c2ccccc2)c(/C=N/OCc2ccc(F)cc2)c1Sc1ccc(Br)cc1. The summed E-state index contributed by atoms with van der Waals surface area (Å²) in [7, 11) is 1.92. The van der Waals surface area contributed by atoms with Crippen molar-refractivity contribution >= 4 is 33.9 Å². The molecule has 0 spiro atoms. The third-order valence-corrected chi connectivity index (χ3v) is 6.22. The van der Waals surface area contributed by atoms with Gasteiger partial charge in [-0.1, -0.05) is 75.3 Å². The van der Waals surface area contributed by atoms with E-state index in [0.717, 1.165) is 36.8 Å². The van der Waals surface area contributed by atoms with Crippen molar-refractivity contribution in [1.29, 1.82) is 0 Å². The van der Waals surface area contributed by atoms with Gasteiger partial charge in [0.05, 0.1) is 11.8 Å². The van der Waals surface area contributed by atoms with Crippen molar-refractivity contribution in [1.82, 2.24) is 9.78 Å². The van der Waals surface area contributed by atoms with Crippen LogP contribution in [0, 0.1) is 5.82 Å². The molecule has 4 nitrogen and oxygen atoms in total. The van der Waals surface area contributed by atoms with Crippen LogP contribution in [-0.2, 0) is 18.5 Å². The molecule has 4 rings (SSSR count). The summed E-state index contributed by atoms with van der Waals surface area (Å²) in [6, 6.07) is 24.3. The molecule has 0 aliphatic heterocycles. The van der Waals surface area contributed by atoms with E-state index in [4.69, 9.17) is 9.94 Å². The lowest BCUT2D eigenvalue weighted by atomic mass is 10.1. The smallest absolute Gasteiger partial charge is 0.142 e. The van der Waals surface area contributed by atoms with Crippen molar-refractivity contribution in [2.75, 3.05) is 0 Å². The lowest BCUT2D eigenvalue weighted by Gasteiger charge is -2.05. The van der Waals surface area contributed by atoms with Crippen LogP contribution in [0.1, 0.15) is 11.1 Å². The second kappa shape index (κ2) is 9.94. The topological polar surface area (TPSA) is 39.4 Å². The van der Waals surface area contributed by atoms with Crippen molar-refractivity contribution in [2.45, 2.75) is 16.5 Å². The number of hydrogen-bond acceptors (Lipinski definition) is 4. The minimum atomic E-state index is -0.273. The van der Waals surface area contributed by atoms with Crippen molar-refractivity contribution in [3.63, 3.8) is 0 Å². The normalized spacial score (nSPS) is 11.2. The molecule has 0 fully saturated rings. The minimum Gasteiger partial charge on any atom is -0.391 e. The Labute approximate surface area is 192 Å². The number of aryl methyl sites for hydroxylation is 1. The molecular formula is C24H19BrFN3OS. The fourth-order valence-corrected chi connectivity index (χ4v) is 4.16. The van der Waals surface area contributed by atoms with E-state index < -0.39 is 0 Å². The van der Waals surface area contributed by atoms with Crippen LogP contribution in [0.3, 0.4) is 0 Å². The standard InChI is InChI=1S/C24H19BrFN3OS/c1-29-24(31-21-13-9-19(25)10-14-21)22(23(28-29)18-5-3-2-4-6-18)15-27-30-16-17-7-11-20(26)12-8-17/h2-15H,16H2,1H3/b27-15+. The van der Waals surface area contributed by atoms with Gasteiger partial charge in [-0.3, -0.25) is 4.68 Å². The lowest BCUT2D eigenvalue weighted by molar-refractivity contribution is 0.132. The van der Waals surface area contributed by atoms with E-state index in [1.807, 2.05) is 54.2 Å². The van der Waals surface area contributed by atoms with Crippen LogP contribution in [0.25, 0.3) is 11.3 Å². The Kier molecular flexibility index (Phi) is 6.84. The molecule has 1 aromatic heterocycles. The summed E-state index contributed by atoms with van der Waals surface area (Å²) in [5.74, 6) is -0.273. The van der Waals surface area contributed by atoms with Crippen LogP contribution >= 0.6 is 27.7 Å². The molecule has 3 aromatic carbocycles. The third kappa shape index (κ3) is 5.42. The van der Waals surface area contributed by atoms with Crippen molar-refractivity contribution in [2.24, 2.45) is 12.2 Å². The molecule has 31 heavy (non-hydrogen) atoms. The number of nitrogens with zero attached hydrogens (tertiary/aromatic N) is 3. The molecule has 0 unspecified atom stereocenters. The van der Waals surface area contributed by atoms with Crippen LogP contribution in [0.2, 0.25) is 0 Å². The third-order valence-electron chi connectivity index (χ3n) is 4.51. The molecule has 7 heteroatoms. The molecule has 1 heterocycles. The lowest BCUT2D eigenvalue weighted by Crippen LogP contribution is -1.94. The number of halogens is 2. The van der Waals surface area contributed by atoms with Crippen LogP contribution in [0.4, 0.5) is 4.39 Å². The first kappa shape index (κ1) is 21.3. The Morgan fingerprint density at radius 3 is 2.45 bits per heavy atom. The van der Waals surface area contributed by atoms with E-state index in [0.29, 0.717) is 0 Å². The maximum absolute atomic E-state index is 13.1. The van der Waals surface area contributed by atoms with Crippen molar-refractivity contribution in [3.05, 3.63) is 100 Å². The van der Waals surface area contributed by atoms with Gasteiger partial charge >= 0.3 is 0 Å². The number of hydrogen-bond donors (Lipinski definition) is 0. The second-order valence-corrected chi connectivity index (χ2v) is 8.73. The Morgan fingerprint density at radius 1 is 1.03 bits per heavy atom. The molecule has 0 amide bonds. The van der Waals surface area contributed by atoms with Gasteiger partial charge in [0.2, 0.25) is 0 Å². The quantitative estimate of drug-likeness (QED) is 0.211.